The Hall–Kier alpha value is -3.73. The largest absolute Gasteiger partial charge is 0.373 e. The smallest absolute Gasteiger partial charge is 0.270 e. The van der Waals surface area contributed by atoms with Gasteiger partial charge in [-0.1, -0.05) is 0 Å². The number of H-pyrrole nitrogens is 2. The molecule has 5 rings (SSSR count). The third-order valence-electron chi connectivity index (χ3n) is 6.03. The topological polar surface area (TPSA) is 78.2 Å². The fraction of sp³-hybridized carbons (Fsp3) is 0.217. The molecule has 0 saturated heterocycles. The molecule has 0 bridgehead atoms. The minimum absolute atomic E-state index is 0.000713. The van der Waals surface area contributed by atoms with Gasteiger partial charge < -0.3 is 19.6 Å². The number of ether oxygens (including phenoxy) is 1. The summed E-state index contributed by atoms with van der Waals surface area (Å²) >= 11 is 0. The van der Waals surface area contributed by atoms with Crippen LogP contribution >= 0.6 is 0 Å². The molecule has 176 valence electrons. The van der Waals surface area contributed by atoms with Gasteiger partial charge in [-0.05, 0) is 35.7 Å². The molecule has 11 heteroatoms. The molecule has 4 aromatic rings. The summed E-state index contributed by atoms with van der Waals surface area (Å²) in [6.07, 6.45) is -2.95. The Labute approximate surface area is 187 Å². The highest BCUT2D eigenvalue weighted by molar-refractivity contribution is 5.99. The van der Waals surface area contributed by atoms with E-state index in [1.54, 1.807) is 0 Å². The number of alkyl halides is 2. The summed E-state index contributed by atoms with van der Waals surface area (Å²) in [6, 6.07) is 3.79. The van der Waals surface area contributed by atoms with E-state index in [2.05, 4.69) is 9.97 Å². The molecule has 2 N–H and O–H groups in total. The predicted octanol–water partition coefficient (Wildman–Crippen LogP) is 4.71. The van der Waals surface area contributed by atoms with Crippen LogP contribution in [-0.2, 0) is 11.3 Å². The van der Waals surface area contributed by atoms with Gasteiger partial charge in [-0.25, -0.2) is 22.0 Å². The quantitative estimate of drug-likeness (QED) is 0.420. The molecule has 1 aliphatic heterocycles. The van der Waals surface area contributed by atoms with Crippen molar-refractivity contribution in [1.29, 1.82) is 0 Å². The Morgan fingerprint density at radius 3 is 2.44 bits per heavy atom. The van der Waals surface area contributed by atoms with Crippen molar-refractivity contribution >= 4 is 27.6 Å². The molecule has 34 heavy (non-hydrogen) atoms. The van der Waals surface area contributed by atoms with Crippen molar-refractivity contribution in [3.8, 4) is 0 Å². The highest BCUT2D eigenvalue weighted by Gasteiger charge is 2.32. The molecule has 2 aromatic carbocycles. The van der Waals surface area contributed by atoms with Gasteiger partial charge in [0.25, 0.3) is 17.9 Å². The molecule has 0 fully saturated rings. The Kier molecular flexibility index (Phi) is 5.16. The third-order valence-corrected chi connectivity index (χ3v) is 6.03. The molecule has 0 radical (unpaired) electrons. The van der Waals surface area contributed by atoms with Crippen LogP contribution in [0.2, 0.25) is 0 Å². The van der Waals surface area contributed by atoms with Crippen LogP contribution in [0.5, 0.6) is 0 Å². The number of likely N-dealkylation sites (N-methyl/N-ethyl adjacent to an activating group) is 1. The highest BCUT2D eigenvalue weighted by Crippen LogP contribution is 2.35. The van der Waals surface area contributed by atoms with Crippen molar-refractivity contribution in [2.45, 2.75) is 19.1 Å². The molecule has 3 heterocycles. The number of nitrogens with one attached hydrogen (secondary N) is 2. The highest BCUT2D eigenvalue weighted by atomic mass is 19.3. The maximum Gasteiger partial charge on any atom is 0.270 e. The van der Waals surface area contributed by atoms with E-state index >= 15 is 0 Å². The molecule has 6 nitrogen and oxygen atoms in total. The SMILES string of the molecule is CN(C(=O)c1cc2c(C(F)F)cc(F)cc2[nH]1)C1COCc2[nH]c(=O)c3cc(F)c(F)cc3c21. The zero-order chi connectivity index (χ0) is 24.3. The van der Waals surface area contributed by atoms with Crippen molar-refractivity contribution in [2.75, 3.05) is 13.7 Å². The second kappa shape index (κ2) is 7.94. The van der Waals surface area contributed by atoms with E-state index in [1.165, 1.54) is 18.0 Å². The molecule has 1 atom stereocenters. The fourth-order valence-corrected chi connectivity index (χ4v) is 4.40. The first-order valence-electron chi connectivity index (χ1n) is 10.1. The lowest BCUT2D eigenvalue weighted by molar-refractivity contribution is 0.0333. The van der Waals surface area contributed by atoms with Crippen LogP contribution in [-0.4, -0.2) is 34.4 Å². The summed E-state index contributed by atoms with van der Waals surface area (Å²) in [4.78, 5) is 32.1. The number of benzene rings is 2. The predicted molar refractivity (Wildman–Crippen MR) is 112 cm³/mol. The molecule has 1 unspecified atom stereocenters. The third kappa shape index (κ3) is 3.43. The molecule has 0 aliphatic carbocycles. The van der Waals surface area contributed by atoms with Crippen LogP contribution < -0.4 is 5.56 Å². The summed E-state index contributed by atoms with van der Waals surface area (Å²) in [7, 11) is 1.42. The first-order chi connectivity index (χ1) is 16.2. The Balaban J connectivity index is 1.61. The van der Waals surface area contributed by atoms with Gasteiger partial charge in [-0.2, -0.15) is 0 Å². The van der Waals surface area contributed by atoms with E-state index in [0.29, 0.717) is 17.3 Å². The van der Waals surface area contributed by atoms with E-state index in [4.69, 9.17) is 4.74 Å². The Morgan fingerprint density at radius 2 is 1.74 bits per heavy atom. The summed E-state index contributed by atoms with van der Waals surface area (Å²) in [5, 5.41) is 0.0399. The second-order valence-corrected chi connectivity index (χ2v) is 8.05. The standard InChI is InChI=1S/C23H16F5N3O3/c1-31(23(33)17-6-10-12(21(27)28)2-9(24)3-16(10)29-17)19-8-34-7-18-20(19)11-4-14(25)15(26)5-13(11)22(32)30-18/h2-6,19,21,29H,7-8H2,1H3,(H,30,32). The van der Waals surface area contributed by atoms with Gasteiger partial charge >= 0.3 is 0 Å². The lowest BCUT2D eigenvalue weighted by Gasteiger charge is -2.33. The minimum atomic E-state index is -2.95. The van der Waals surface area contributed by atoms with Crippen molar-refractivity contribution in [3.63, 3.8) is 0 Å². The molecular weight excluding hydrogens is 461 g/mol. The van der Waals surface area contributed by atoms with Gasteiger partial charge in [0.1, 0.15) is 11.5 Å². The zero-order valence-corrected chi connectivity index (χ0v) is 17.5. The normalized spacial score (nSPS) is 15.8. The fourth-order valence-electron chi connectivity index (χ4n) is 4.40. The van der Waals surface area contributed by atoms with Crippen LogP contribution in [0.3, 0.4) is 0 Å². The number of hydrogen-bond acceptors (Lipinski definition) is 3. The maximum absolute atomic E-state index is 14.1. The number of aromatic nitrogens is 2. The number of carbonyl (C=O) groups excluding carboxylic acids is 1. The number of rotatable bonds is 3. The Morgan fingerprint density at radius 1 is 1.03 bits per heavy atom. The average molecular weight is 477 g/mol. The average Bonchev–Trinajstić information content (AvgIpc) is 3.22. The zero-order valence-electron chi connectivity index (χ0n) is 17.5. The van der Waals surface area contributed by atoms with Crippen LogP contribution in [0.1, 0.15) is 39.8 Å². The first kappa shape index (κ1) is 22.1. The van der Waals surface area contributed by atoms with Gasteiger partial charge in [0.15, 0.2) is 11.6 Å². The van der Waals surface area contributed by atoms with E-state index < -0.39 is 46.9 Å². The minimum Gasteiger partial charge on any atom is -0.373 e. The lowest BCUT2D eigenvalue weighted by atomic mass is 9.95. The van der Waals surface area contributed by atoms with Gasteiger partial charge in [0.05, 0.1) is 24.6 Å². The van der Waals surface area contributed by atoms with Crippen molar-refractivity contribution < 1.29 is 31.5 Å². The number of aromatic amines is 2. The van der Waals surface area contributed by atoms with Gasteiger partial charge in [0, 0.05) is 34.8 Å². The van der Waals surface area contributed by atoms with Crippen LogP contribution in [0.25, 0.3) is 21.7 Å². The van der Waals surface area contributed by atoms with Gasteiger partial charge in [-0.15, -0.1) is 0 Å². The van der Waals surface area contributed by atoms with Crippen LogP contribution in [0.15, 0.2) is 35.1 Å². The van der Waals surface area contributed by atoms with Crippen molar-refractivity contribution in [3.05, 3.63) is 80.7 Å². The monoisotopic (exact) mass is 477 g/mol. The van der Waals surface area contributed by atoms with E-state index in [1.807, 2.05) is 0 Å². The summed E-state index contributed by atoms with van der Waals surface area (Å²) < 4.78 is 73.9. The van der Waals surface area contributed by atoms with Gasteiger partial charge in [0.2, 0.25) is 0 Å². The summed E-state index contributed by atoms with van der Waals surface area (Å²) in [6.45, 7) is -0.0338. The van der Waals surface area contributed by atoms with E-state index in [-0.39, 0.29) is 40.6 Å². The summed E-state index contributed by atoms with van der Waals surface area (Å²) in [5.74, 6) is -3.86. The second-order valence-electron chi connectivity index (χ2n) is 8.05. The lowest BCUT2D eigenvalue weighted by Crippen LogP contribution is -2.37. The molecule has 0 saturated carbocycles. The molecule has 2 aromatic heterocycles. The molecule has 0 spiro atoms. The molecule has 1 amide bonds. The number of fused-ring (bicyclic) bond motifs is 4. The Bertz CT molecular complexity index is 1530. The van der Waals surface area contributed by atoms with E-state index in [9.17, 15) is 31.5 Å². The number of hydrogen-bond donors (Lipinski definition) is 2. The van der Waals surface area contributed by atoms with Crippen LogP contribution in [0.4, 0.5) is 22.0 Å². The number of amides is 1. The molecule has 1 aliphatic rings. The van der Waals surface area contributed by atoms with Crippen molar-refractivity contribution in [1.82, 2.24) is 14.9 Å². The van der Waals surface area contributed by atoms with E-state index in [0.717, 1.165) is 18.2 Å². The number of halogens is 5. The number of pyridine rings is 1. The first-order valence-corrected chi connectivity index (χ1v) is 10.1. The molecular formula is C23H16F5N3O3. The number of nitrogens with zero attached hydrogens (tertiary/aromatic N) is 1. The number of carbonyl (C=O) groups is 1. The van der Waals surface area contributed by atoms with Crippen molar-refractivity contribution in [2.24, 2.45) is 0 Å². The van der Waals surface area contributed by atoms with Gasteiger partial charge in [-0.3, -0.25) is 9.59 Å². The summed E-state index contributed by atoms with van der Waals surface area (Å²) in [5.41, 5.74) is -0.560. The van der Waals surface area contributed by atoms with Crippen LogP contribution in [0, 0.1) is 17.5 Å². The maximum atomic E-state index is 14.1.